The van der Waals surface area contributed by atoms with Crippen molar-refractivity contribution in [1.82, 2.24) is 4.98 Å². The summed E-state index contributed by atoms with van der Waals surface area (Å²) in [5, 5.41) is 0. The predicted molar refractivity (Wildman–Crippen MR) is 119 cm³/mol. The average Bonchev–Trinajstić information content (AvgIpc) is 2.92. The maximum atomic E-state index is 13.5. The van der Waals surface area contributed by atoms with E-state index in [4.69, 9.17) is 9.47 Å². The normalized spacial score (nSPS) is 12.7. The average molecular weight is 435 g/mol. The maximum Gasteiger partial charge on any atom is 0.338 e. The van der Waals surface area contributed by atoms with Crippen molar-refractivity contribution in [3.8, 4) is 0 Å². The number of nitrogens with zero attached hydrogens (tertiary/aromatic N) is 2. The third kappa shape index (κ3) is 4.78. The molecule has 158 valence electrons. The second-order valence-electron chi connectivity index (χ2n) is 6.83. The molecule has 0 saturated carbocycles. The molecule has 7 heteroatoms. The summed E-state index contributed by atoms with van der Waals surface area (Å²) in [6, 6.07) is 18.4. The second-order valence-corrected chi connectivity index (χ2v) is 7.91. The first-order valence-corrected chi connectivity index (χ1v) is 10.9. The molecule has 0 fully saturated rings. The Hall–Kier alpha value is -3.16. The quantitative estimate of drug-likeness (QED) is 0.400. The Morgan fingerprint density at radius 1 is 1.03 bits per heavy atom. The van der Waals surface area contributed by atoms with Crippen LogP contribution in [-0.2, 0) is 16.0 Å². The van der Waals surface area contributed by atoms with Gasteiger partial charge in [0.15, 0.2) is 0 Å². The van der Waals surface area contributed by atoms with Gasteiger partial charge in [0.2, 0.25) is 0 Å². The van der Waals surface area contributed by atoms with Crippen molar-refractivity contribution in [2.45, 2.75) is 23.3 Å². The summed E-state index contributed by atoms with van der Waals surface area (Å²) in [5.74, 6) is -0.575. The van der Waals surface area contributed by atoms with Crippen LogP contribution in [0.2, 0.25) is 0 Å². The van der Waals surface area contributed by atoms with Crippen LogP contribution in [0.1, 0.15) is 33.3 Å². The number of aromatic nitrogens is 1. The molecular formula is C24H22N2O4S. The first kappa shape index (κ1) is 21.1. The van der Waals surface area contributed by atoms with E-state index in [2.05, 4.69) is 4.98 Å². The summed E-state index contributed by atoms with van der Waals surface area (Å²) in [6.07, 6.45) is 1.70. The van der Waals surface area contributed by atoms with Gasteiger partial charge in [0.1, 0.15) is 6.61 Å². The first-order valence-electron chi connectivity index (χ1n) is 10.0. The number of hydrogen-bond donors (Lipinski definition) is 0. The molecule has 0 saturated heterocycles. The Kier molecular flexibility index (Phi) is 6.64. The third-order valence-electron chi connectivity index (χ3n) is 4.78. The molecule has 0 bridgehead atoms. The first-order chi connectivity index (χ1) is 15.2. The Morgan fingerprint density at radius 2 is 1.87 bits per heavy atom. The van der Waals surface area contributed by atoms with Crippen LogP contribution in [0.25, 0.3) is 0 Å². The summed E-state index contributed by atoms with van der Waals surface area (Å²) in [5.41, 5.74) is 2.44. The number of hydrogen-bond acceptors (Lipinski definition) is 6. The van der Waals surface area contributed by atoms with Gasteiger partial charge in [-0.3, -0.25) is 9.78 Å². The van der Waals surface area contributed by atoms with Gasteiger partial charge in [-0.05, 0) is 49.4 Å². The van der Waals surface area contributed by atoms with Gasteiger partial charge in [-0.1, -0.05) is 30.0 Å². The van der Waals surface area contributed by atoms with E-state index < -0.39 is 5.97 Å². The summed E-state index contributed by atoms with van der Waals surface area (Å²) in [7, 11) is 0. The van der Waals surface area contributed by atoms with Gasteiger partial charge in [0.05, 0.1) is 35.7 Å². The largest absolute Gasteiger partial charge is 0.460 e. The number of carbonyl (C=O) groups excluding carboxylic acids is 2. The minimum absolute atomic E-state index is 0.130. The Morgan fingerprint density at radius 3 is 2.68 bits per heavy atom. The van der Waals surface area contributed by atoms with Crippen LogP contribution < -0.4 is 4.90 Å². The van der Waals surface area contributed by atoms with Gasteiger partial charge < -0.3 is 14.4 Å². The molecule has 0 radical (unpaired) electrons. The Labute approximate surface area is 185 Å². The zero-order valence-electron chi connectivity index (χ0n) is 17.1. The molecule has 1 aliphatic heterocycles. The van der Waals surface area contributed by atoms with E-state index in [0.29, 0.717) is 36.6 Å². The molecule has 1 aliphatic rings. The molecule has 31 heavy (non-hydrogen) atoms. The van der Waals surface area contributed by atoms with Crippen molar-refractivity contribution in [2.24, 2.45) is 0 Å². The van der Waals surface area contributed by atoms with Gasteiger partial charge in [0, 0.05) is 22.6 Å². The van der Waals surface area contributed by atoms with Gasteiger partial charge >= 0.3 is 5.97 Å². The number of rotatable bonds is 7. The van der Waals surface area contributed by atoms with E-state index in [1.165, 1.54) is 11.8 Å². The number of pyridine rings is 1. The molecule has 1 amide bonds. The Balaban J connectivity index is 1.70. The summed E-state index contributed by atoms with van der Waals surface area (Å²) in [6.45, 7) is 3.28. The lowest BCUT2D eigenvalue weighted by atomic mass is 10.1. The molecule has 0 atom stereocenters. The maximum absolute atomic E-state index is 13.5. The molecule has 4 rings (SSSR count). The number of esters is 1. The van der Waals surface area contributed by atoms with Gasteiger partial charge in [0.25, 0.3) is 5.91 Å². The van der Waals surface area contributed by atoms with Crippen LogP contribution in [0.5, 0.6) is 0 Å². The van der Waals surface area contributed by atoms with Gasteiger partial charge in [-0.15, -0.1) is 0 Å². The number of anilines is 1. The molecule has 0 unspecified atom stereocenters. The molecule has 0 aliphatic carbocycles. The Bertz CT molecular complexity index is 1090. The lowest BCUT2D eigenvalue weighted by Gasteiger charge is -2.23. The van der Waals surface area contributed by atoms with Crippen LogP contribution in [0.15, 0.2) is 76.7 Å². The zero-order chi connectivity index (χ0) is 21.6. The molecule has 1 aromatic heterocycles. The van der Waals surface area contributed by atoms with Crippen molar-refractivity contribution in [1.29, 1.82) is 0 Å². The summed E-state index contributed by atoms with van der Waals surface area (Å²) >= 11 is 1.51. The fourth-order valence-electron chi connectivity index (χ4n) is 3.28. The fraction of sp³-hybridized carbons (Fsp3) is 0.208. The molecule has 3 aromatic rings. The van der Waals surface area contributed by atoms with Crippen LogP contribution in [0, 0.1) is 0 Å². The summed E-state index contributed by atoms with van der Waals surface area (Å²) in [4.78, 5) is 33.8. The smallest absolute Gasteiger partial charge is 0.338 e. The van der Waals surface area contributed by atoms with Crippen LogP contribution >= 0.6 is 11.8 Å². The van der Waals surface area contributed by atoms with E-state index in [1.54, 1.807) is 23.2 Å². The van der Waals surface area contributed by atoms with Crippen LogP contribution in [0.4, 0.5) is 5.69 Å². The van der Waals surface area contributed by atoms with Crippen molar-refractivity contribution < 1.29 is 19.1 Å². The number of ether oxygens (including phenoxy) is 2. The van der Waals surface area contributed by atoms with Crippen LogP contribution in [0.3, 0.4) is 0 Å². The highest BCUT2D eigenvalue weighted by atomic mass is 32.2. The van der Waals surface area contributed by atoms with Crippen molar-refractivity contribution >= 4 is 29.3 Å². The van der Waals surface area contributed by atoms with Crippen molar-refractivity contribution in [2.75, 3.05) is 24.7 Å². The topological polar surface area (TPSA) is 68.7 Å². The van der Waals surface area contributed by atoms with E-state index in [-0.39, 0.29) is 12.5 Å². The molecule has 0 N–H and O–H groups in total. The molecule has 6 nitrogen and oxygen atoms in total. The van der Waals surface area contributed by atoms with Gasteiger partial charge in [-0.25, -0.2) is 4.79 Å². The van der Waals surface area contributed by atoms with Gasteiger partial charge in [-0.2, -0.15) is 0 Å². The van der Waals surface area contributed by atoms with E-state index >= 15 is 0 Å². The molecular weight excluding hydrogens is 412 g/mol. The monoisotopic (exact) mass is 434 g/mol. The van der Waals surface area contributed by atoms with Crippen molar-refractivity contribution in [3.05, 3.63) is 83.7 Å². The standard InChI is InChI=1S/C24H22N2O4S/c1-2-29-13-14-30-24(28)17-10-11-22-20(15-17)26(16-18-7-5-6-12-25-18)23(27)19-8-3-4-9-21(19)31-22/h3-12,15H,2,13-14,16H2,1H3. The summed E-state index contributed by atoms with van der Waals surface area (Å²) < 4.78 is 10.5. The number of carbonyl (C=O) groups is 2. The highest BCUT2D eigenvalue weighted by molar-refractivity contribution is 7.99. The van der Waals surface area contributed by atoms with E-state index in [9.17, 15) is 9.59 Å². The second kappa shape index (κ2) is 9.76. The highest BCUT2D eigenvalue weighted by Crippen LogP contribution is 2.42. The predicted octanol–water partition coefficient (Wildman–Crippen LogP) is 4.59. The van der Waals surface area contributed by atoms with Crippen LogP contribution in [-0.4, -0.2) is 36.7 Å². The highest BCUT2D eigenvalue weighted by Gasteiger charge is 2.28. The molecule has 0 spiro atoms. The molecule has 2 heterocycles. The zero-order valence-corrected chi connectivity index (χ0v) is 17.9. The molecule has 2 aromatic carbocycles. The minimum Gasteiger partial charge on any atom is -0.460 e. The number of amides is 1. The fourth-order valence-corrected chi connectivity index (χ4v) is 4.34. The SMILES string of the molecule is CCOCCOC(=O)c1ccc2c(c1)N(Cc1ccccn1)C(=O)c1ccccc1S2. The third-order valence-corrected chi connectivity index (χ3v) is 5.92. The lowest BCUT2D eigenvalue weighted by molar-refractivity contribution is 0.0335. The van der Waals surface area contributed by atoms with E-state index in [1.807, 2.05) is 55.5 Å². The lowest BCUT2D eigenvalue weighted by Crippen LogP contribution is -2.31. The minimum atomic E-state index is -0.445. The van der Waals surface area contributed by atoms with Crippen molar-refractivity contribution in [3.63, 3.8) is 0 Å². The number of benzene rings is 2. The van der Waals surface area contributed by atoms with E-state index in [0.717, 1.165) is 15.5 Å². The number of fused-ring (bicyclic) bond motifs is 2.